The Balaban J connectivity index is 0.00000220. The maximum atomic E-state index is 13.0. The van der Waals surface area contributed by atoms with Crippen LogP contribution in [0.5, 0.6) is 0 Å². The van der Waals surface area contributed by atoms with E-state index in [4.69, 9.17) is 5.73 Å². The minimum Gasteiger partial charge on any atom is -0.330 e. The Labute approximate surface area is 131 Å². The Kier molecular flexibility index (Phi) is 6.62. The monoisotopic (exact) mass is 314 g/mol. The number of anilines is 1. The molecule has 1 fully saturated rings. The molecule has 1 saturated carbocycles. The Bertz CT molecular complexity index is 487. The molecule has 3 nitrogen and oxygen atoms in total. The Morgan fingerprint density at radius 1 is 1.33 bits per heavy atom. The van der Waals surface area contributed by atoms with Crippen molar-refractivity contribution in [3.63, 3.8) is 0 Å². The first kappa shape index (κ1) is 17.9. The maximum Gasteiger partial charge on any atom is 0.224 e. The summed E-state index contributed by atoms with van der Waals surface area (Å²) in [6.07, 6.45) is 6.06. The van der Waals surface area contributed by atoms with Gasteiger partial charge < -0.3 is 11.1 Å². The van der Waals surface area contributed by atoms with Gasteiger partial charge in [0.2, 0.25) is 5.91 Å². The average Bonchev–Trinajstić information content (AvgIpc) is 2.43. The van der Waals surface area contributed by atoms with Gasteiger partial charge in [-0.2, -0.15) is 0 Å². The quantitative estimate of drug-likeness (QED) is 0.888. The van der Waals surface area contributed by atoms with Crippen LogP contribution in [0, 0.1) is 18.2 Å². The highest BCUT2D eigenvalue weighted by Crippen LogP contribution is 2.38. The summed E-state index contributed by atoms with van der Waals surface area (Å²) in [5.74, 6) is -0.307. The number of rotatable bonds is 4. The van der Waals surface area contributed by atoms with Gasteiger partial charge in [-0.1, -0.05) is 19.3 Å². The highest BCUT2D eigenvalue weighted by Gasteiger charge is 2.32. The lowest BCUT2D eigenvalue weighted by Crippen LogP contribution is -2.36. The molecule has 0 saturated heterocycles. The molecule has 0 atom stereocenters. The number of nitrogens with one attached hydrogen (secondary N) is 1. The van der Waals surface area contributed by atoms with Gasteiger partial charge in [-0.05, 0) is 55.5 Å². The van der Waals surface area contributed by atoms with Crippen LogP contribution in [0.3, 0.4) is 0 Å². The van der Waals surface area contributed by atoms with Gasteiger partial charge in [-0.3, -0.25) is 4.79 Å². The summed E-state index contributed by atoms with van der Waals surface area (Å²) in [4.78, 5) is 12.2. The molecule has 1 amide bonds. The van der Waals surface area contributed by atoms with Gasteiger partial charge in [-0.15, -0.1) is 12.4 Å². The van der Waals surface area contributed by atoms with Crippen molar-refractivity contribution in [2.75, 3.05) is 11.9 Å². The number of hydrogen-bond acceptors (Lipinski definition) is 2. The van der Waals surface area contributed by atoms with E-state index in [-0.39, 0.29) is 29.5 Å². The van der Waals surface area contributed by atoms with Crippen molar-refractivity contribution in [3.8, 4) is 0 Å². The van der Waals surface area contributed by atoms with E-state index >= 15 is 0 Å². The van der Waals surface area contributed by atoms with Gasteiger partial charge in [0.25, 0.3) is 0 Å². The first-order valence-corrected chi connectivity index (χ1v) is 7.31. The molecular weight excluding hydrogens is 291 g/mol. The van der Waals surface area contributed by atoms with Crippen molar-refractivity contribution in [2.45, 2.75) is 45.4 Å². The number of nitrogens with two attached hydrogens (primary N) is 1. The van der Waals surface area contributed by atoms with Crippen LogP contribution in [0.4, 0.5) is 10.1 Å². The topological polar surface area (TPSA) is 55.1 Å². The number of amides is 1. The molecule has 0 heterocycles. The van der Waals surface area contributed by atoms with E-state index in [1.807, 2.05) is 0 Å². The van der Waals surface area contributed by atoms with Crippen molar-refractivity contribution in [2.24, 2.45) is 11.1 Å². The van der Waals surface area contributed by atoms with E-state index in [1.54, 1.807) is 13.0 Å². The number of halogens is 2. The molecule has 0 spiro atoms. The average molecular weight is 315 g/mol. The number of aryl methyl sites for hydroxylation is 1. The minimum atomic E-state index is -0.286. The number of benzene rings is 1. The van der Waals surface area contributed by atoms with Crippen LogP contribution in [-0.4, -0.2) is 12.5 Å². The third kappa shape index (κ3) is 4.68. The van der Waals surface area contributed by atoms with Crippen molar-refractivity contribution in [1.82, 2.24) is 0 Å². The van der Waals surface area contributed by atoms with Gasteiger partial charge >= 0.3 is 0 Å². The lowest BCUT2D eigenvalue weighted by molar-refractivity contribution is -0.118. The smallest absolute Gasteiger partial charge is 0.224 e. The molecule has 118 valence electrons. The lowest BCUT2D eigenvalue weighted by Gasteiger charge is -2.35. The molecule has 1 aromatic rings. The van der Waals surface area contributed by atoms with Gasteiger partial charge in [0.1, 0.15) is 5.82 Å². The fourth-order valence-corrected chi connectivity index (χ4v) is 3.06. The van der Waals surface area contributed by atoms with Crippen LogP contribution in [-0.2, 0) is 4.79 Å². The van der Waals surface area contributed by atoms with Gasteiger partial charge in [0.05, 0.1) is 0 Å². The van der Waals surface area contributed by atoms with Crippen LogP contribution in [0.1, 0.15) is 44.1 Å². The number of hydrogen-bond donors (Lipinski definition) is 2. The molecule has 0 radical (unpaired) electrons. The fourth-order valence-electron chi connectivity index (χ4n) is 3.06. The van der Waals surface area contributed by atoms with E-state index < -0.39 is 0 Å². The van der Waals surface area contributed by atoms with Gasteiger partial charge in [0.15, 0.2) is 0 Å². The zero-order chi connectivity index (χ0) is 14.6. The molecule has 1 aliphatic rings. The Hall–Kier alpha value is -1.13. The zero-order valence-electron chi connectivity index (χ0n) is 12.5. The Morgan fingerprint density at radius 3 is 2.57 bits per heavy atom. The fraction of sp³-hybridized carbons (Fsp3) is 0.562. The van der Waals surface area contributed by atoms with Crippen molar-refractivity contribution >= 4 is 24.0 Å². The highest BCUT2D eigenvalue weighted by molar-refractivity contribution is 5.91. The molecule has 0 aliphatic heterocycles. The molecule has 5 heteroatoms. The Morgan fingerprint density at radius 2 is 2.00 bits per heavy atom. The van der Waals surface area contributed by atoms with Crippen molar-refractivity contribution in [3.05, 3.63) is 29.6 Å². The SMILES string of the molecule is Cc1cc(F)ccc1NC(=O)CC1(CN)CCCCC1.Cl. The van der Waals surface area contributed by atoms with Crippen molar-refractivity contribution in [1.29, 1.82) is 0 Å². The maximum absolute atomic E-state index is 13.0. The molecule has 1 aromatic carbocycles. The zero-order valence-corrected chi connectivity index (χ0v) is 13.3. The van der Waals surface area contributed by atoms with Crippen molar-refractivity contribution < 1.29 is 9.18 Å². The predicted molar refractivity (Wildman–Crippen MR) is 86.2 cm³/mol. The normalized spacial score (nSPS) is 16.9. The first-order chi connectivity index (χ1) is 9.54. The summed E-state index contributed by atoms with van der Waals surface area (Å²) in [7, 11) is 0. The summed E-state index contributed by atoms with van der Waals surface area (Å²) in [6, 6.07) is 4.40. The summed E-state index contributed by atoms with van der Waals surface area (Å²) in [5.41, 5.74) is 7.27. The van der Waals surface area contributed by atoms with Gasteiger partial charge in [-0.25, -0.2) is 4.39 Å². The van der Waals surface area contributed by atoms with E-state index in [0.717, 1.165) is 31.2 Å². The largest absolute Gasteiger partial charge is 0.330 e. The van der Waals surface area contributed by atoms with E-state index in [1.165, 1.54) is 18.6 Å². The van der Waals surface area contributed by atoms with Crippen LogP contribution in [0.2, 0.25) is 0 Å². The van der Waals surface area contributed by atoms with Gasteiger partial charge in [0, 0.05) is 12.1 Å². The molecule has 0 bridgehead atoms. The molecule has 21 heavy (non-hydrogen) atoms. The molecule has 1 aliphatic carbocycles. The number of carbonyl (C=O) groups is 1. The third-order valence-corrected chi connectivity index (χ3v) is 4.35. The molecule has 2 rings (SSSR count). The first-order valence-electron chi connectivity index (χ1n) is 7.31. The molecule has 0 aromatic heterocycles. The molecule has 0 unspecified atom stereocenters. The lowest BCUT2D eigenvalue weighted by atomic mass is 9.71. The van der Waals surface area contributed by atoms with E-state index in [2.05, 4.69) is 5.32 Å². The van der Waals surface area contributed by atoms with Crippen LogP contribution in [0.15, 0.2) is 18.2 Å². The third-order valence-electron chi connectivity index (χ3n) is 4.35. The molecular formula is C16H24ClFN2O. The predicted octanol–water partition coefficient (Wildman–Crippen LogP) is 3.79. The second-order valence-electron chi connectivity index (χ2n) is 5.95. The second kappa shape index (κ2) is 7.76. The standard InChI is InChI=1S/C16H23FN2O.ClH/c1-12-9-13(17)5-6-14(12)19-15(20)10-16(11-18)7-3-2-4-8-16;/h5-6,9H,2-4,7-8,10-11,18H2,1H3,(H,19,20);1H. The van der Waals surface area contributed by atoms with Crippen LogP contribution in [0.25, 0.3) is 0 Å². The van der Waals surface area contributed by atoms with E-state index in [0.29, 0.717) is 18.7 Å². The summed E-state index contributed by atoms with van der Waals surface area (Å²) in [6.45, 7) is 2.35. The summed E-state index contributed by atoms with van der Waals surface area (Å²) >= 11 is 0. The van der Waals surface area contributed by atoms with Crippen LogP contribution >= 0.6 is 12.4 Å². The van der Waals surface area contributed by atoms with Crippen LogP contribution < -0.4 is 11.1 Å². The molecule has 3 N–H and O–H groups in total. The summed E-state index contributed by atoms with van der Waals surface area (Å²) < 4.78 is 13.0. The summed E-state index contributed by atoms with van der Waals surface area (Å²) in [5, 5.41) is 2.88. The second-order valence-corrected chi connectivity index (χ2v) is 5.95. The number of carbonyl (C=O) groups excluding carboxylic acids is 1. The van der Waals surface area contributed by atoms with E-state index in [9.17, 15) is 9.18 Å². The highest BCUT2D eigenvalue weighted by atomic mass is 35.5. The minimum absolute atomic E-state index is 0.